The first-order chi connectivity index (χ1) is 13.7. The fraction of sp³-hybridized carbons (Fsp3) is 0.136. The van der Waals surface area contributed by atoms with Gasteiger partial charge in [0.15, 0.2) is 0 Å². The average molecular weight is 429 g/mol. The number of halogens is 1. The predicted molar refractivity (Wildman–Crippen MR) is 116 cm³/mol. The highest BCUT2D eigenvalue weighted by Gasteiger charge is 2.16. The van der Waals surface area contributed by atoms with Gasteiger partial charge in [-0.3, -0.25) is 9.52 Å². The lowest BCUT2D eigenvalue weighted by Crippen LogP contribution is -2.23. The normalized spacial score (nSPS) is 11.1. The van der Waals surface area contributed by atoms with Crippen LogP contribution in [0.5, 0.6) is 0 Å². The quantitative estimate of drug-likeness (QED) is 0.598. The fourth-order valence-electron chi connectivity index (χ4n) is 2.73. The van der Waals surface area contributed by atoms with Crippen molar-refractivity contribution in [1.29, 1.82) is 0 Å². The number of hydrogen-bond acceptors (Lipinski definition) is 3. The molecular formula is C22H21ClN2O3S. The van der Waals surface area contributed by atoms with Crippen LogP contribution in [-0.4, -0.2) is 14.3 Å². The van der Waals surface area contributed by atoms with E-state index in [9.17, 15) is 13.2 Å². The zero-order valence-electron chi connectivity index (χ0n) is 16.1. The first-order valence-corrected chi connectivity index (χ1v) is 10.8. The average Bonchev–Trinajstić information content (AvgIpc) is 2.68. The van der Waals surface area contributed by atoms with Crippen LogP contribution in [0, 0.1) is 13.8 Å². The van der Waals surface area contributed by atoms with Gasteiger partial charge in [0, 0.05) is 17.1 Å². The molecule has 0 bridgehead atoms. The number of anilines is 1. The molecule has 5 nitrogen and oxygen atoms in total. The van der Waals surface area contributed by atoms with E-state index in [4.69, 9.17) is 11.6 Å². The number of carbonyl (C=O) groups excluding carboxylic acids is 1. The van der Waals surface area contributed by atoms with Gasteiger partial charge in [-0.2, -0.15) is 0 Å². The zero-order chi connectivity index (χ0) is 21.0. The number of aryl methyl sites for hydroxylation is 2. The van der Waals surface area contributed by atoms with Crippen molar-refractivity contribution in [3.63, 3.8) is 0 Å². The summed E-state index contributed by atoms with van der Waals surface area (Å²) in [4.78, 5) is 12.7. The highest BCUT2D eigenvalue weighted by molar-refractivity contribution is 7.92. The summed E-state index contributed by atoms with van der Waals surface area (Å²) < 4.78 is 27.9. The summed E-state index contributed by atoms with van der Waals surface area (Å²) in [5.74, 6) is -0.305. The predicted octanol–water partition coefficient (Wildman–Crippen LogP) is 4.69. The van der Waals surface area contributed by atoms with Crippen LogP contribution in [0.4, 0.5) is 5.69 Å². The molecule has 0 aliphatic heterocycles. The van der Waals surface area contributed by atoms with Gasteiger partial charge in [-0.05, 0) is 61.4 Å². The minimum Gasteiger partial charge on any atom is -0.348 e. The van der Waals surface area contributed by atoms with Gasteiger partial charge in [-0.15, -0.1) is 0 Å². The van der Waals surface area contributed by atoms with E-state index in [-0.39, 0.29) is 10.8 Å². The molecule has 0 radical (unpaired) electrons. The van der Waals surface area contributed by atoms with Crippen LogP contribution in [0.15, 0.2) is 71.6 Å². The van der Waals surface area contributed by atoms with E-state index in [0.29, 0.717) is 28.4 Å². The summed E-state index contributed by atoms with van der Waals surface area (Å²) in [6.07, 6.45) is 0. The van der Waals surface area contributed by atoms with Gasteiger partial charge in [0.05, 0.1) is 10.6 Å². The molecule has 0 saturated heterocycles. The molecule has 0 atom stereocenters. The molecule has 7 heteroatoms. The molecule has 2 N–H and O–H groups in total. The Morgan fingerprint density at radius 1 is 0.966 bits per heavy atom. The van der Waals surface area contributed by atoms with Crippen molar-refractivity contribution < 1.29 is 13.2 Å². The SMILES string of the molecule is Cc1ccc(S(=O)(=O)Nc2cc(C(=O)NCc3cccc(Cl)c3)ccc2C)cc1. The van der Waals surface area contributed by atoms with E-state index < -0.39 is 10.0 Å². The van der Waals surface area contributed by atoms with E-state index >= 15 is 0 Å². The van der Waals surface area contributed by atoms with Crippen LogP contribution in [0.25, 0.3) is 0 Å². The van der Waals surface area contributed by atoms with Gasteiger partial charge in [0.1, 0.15) is 0 Å². The number of carbonyl (C=O) groups is 1. The van der Waals surface area contributed by atoms with Gasteiger partial charge >= 0.3 is 0 Å². The highest BCUT2D eigenvalue weighted by atomic mass is 35.5. The monoisotopic (exact) mass is 428 g/mol. The molecule has 3 aromatic carbocycles. The second kappa shape index (κ2) is 8.68. The lowest BCUT2D eigenvalue weighted by Gasteiger charge is -2.13. The van der Waals surface area contributed by atoms with E-state index in [1.54, 1.807) is 55.5 Å². The number of benzene rings is 3. The summed E-state index contributed by atoms with van der Waals surface area (Å²) in [5, 5.41) is 3.41. The molecule has 3 rings (SSSR count). The lowest BCUT2D eigenvalue weighted by molar-refractivity contribution is 0.0951. The van der Waals surface area contributed by atoms with Crippen LogP contribution in [-0.2, 0) is 16.6 Å². The number of amides is 1. The molecule has 0 aliphatic rings. The van der Waals surface area contributed by atoms with Crippen LogP contribution in [0.3, 0.4) is 0 Å². The van der Waals surface area contributed by atoms with Crippen molar-refractivity contribution in [2.24, 2.45) is 0 Å². The van der Waals surface area contributed by atoms with Gasteiger partial charge in [0.25, 0.3) is 15.9 Å². The fourth-order valence-corrected chi connectivity index (χ4v) is 4.06. The maximum Gasteiger partial charge on any atom is 0.261 e. The molecular weight excluding hydrogens is 408 g/mol. The summed E-state index contributed by atoms with van der Waals surface area (Å²) in [6, 6.07) is 18.7. The smallest absolute Gasteiger partial charge is 0.261 e. The molecule has 0 spiro atoms. The van der Waals surface area contributed by atoms with Crippen molar-refractivity contribution >= 4 is 33.2 Å². The third-order valence-electron chi connectivity index (χ3n) is 4.42. The Balaban J connectivity index is 1.76. The highest BCUT2D eigenvalue weighted by Crippen LogP contribution is 2.22. The Hall–Kier alpha value is -2.83. The molecule has 0 unspecified atom stereocenters. The molecule has 29 heavy (non-hydrogen) atoms. The molecule has 3 aromatic rings. The van der Waals surface area contributed by atoms with Crippen LogP contribution in [0.2, 0.25) is 5.02 Å². The Kier molecular flexibility index (Phi) is 6.25. The molecule has 150 valence electrons. The maximum absolute atomic E-state index is 12.7. The van der Waals surface area contributed by atoms with Crippen LogP contribution < -0.4 is 10.0 Å². The Morgan fingerprint density at radius 2 is 1.69 bits per heavy atom. The van der Waals surface area contributed by atoms with Crippen LogP contribution >= 0.6 is 11.6 Å². The summed E-state index contributed by atoms with van der Waals surface area (Å²) in [6.45, 7) is 3.98. The number of hydrogen-bond donors (Lipinski definition) is 2. The Labute approximate surface area is 175 Å². The van der Waals surface area contributed by atoms with Gasteiger partial charge in [0.2, 0.25) is 0 Å². The third-order valence-corrected chi connectivity index (χ3v) is 6.03. The maximum atomic E-state index is 12.7. The molecule has 0 aliphatic carbocycles. The first-order valence-electron chi connectivity index (χ1n) is 8.97. The largest absolute Gasteiger partial charge is 0.348 e. The number of sulfonamides is 1. The van der Waals surface area contributed by atoms with Crippen LogP contribution in [0.1, 0.15) is 27.0 Å². The minimum absolute atomic E-state index is 0.165. The van der Waals surface area contributed by atoms with E-state index in [1.807, 2.05) is 19.1 Å². The van der Waals surface area contributed by atoms with Gasteiger partial charge in [-0.1, -0.05) is 47.5 Å². The minimum atomic E-state index is -3.75. The Bertz CT molecular complexity index is 1140. The van der Waals surface area contributed by atoms with Crippen molar-refractivity contribution in [1.82, 2.24) is 5.32 Å². The Morgan fingerprint density at radius 3 is 2.38 bits per heavy atom. The molecule has 0 heterocycles. The van der Waals surface area contributed by atoms with E-state index in [1.165, 1.54) is 6.07 Å². The lowest BCUT2D eigenvalue weighted by atomic mass is 10.1. The molecule has 0 saturated carbocycles. The second-order valence-electron chi connectivity index (χ2n) is 6.76. The molecule has 1 amide bonds. The van der Waals surface area contributed by atoms with Crippen molar-refractivity contribution in [3.8, 4) is 0 Å². The second-order valence-corrected chi connectivity index (χ2v) is 8.88. The molecule has 0 fully saturated rings. The first kappa shape index (κ1) is 20.9. The summed E-state index contributed by atoms with van der Waals surface area (Å²) in [7, 11) is -3.75. The zero-order valence-corrected chi connectivity index (χ0v) is 17.6. The number of nitrogens with one attached hydrogen (secondary N) is 2. The van der Waals surface area contributed by atoms with Gasteiger partial charge < -0.3 is 5.32 Å². The summed E-state index contributed by atoms with van der Waals surface area (Å²) in [5.41, 5.74) is 3.28. The summed E-state index contributed by atoms with van der Waals surface area (Å²) >= 11 is 5.96. The van der Waals surface area contributed by atoms with Crippen molar-refractivity contribution in [3.05, 3.63) is 94.0 Å². The molecule has 0 aromatic heterocycles. The van der Waals surface area contributed by atoms with E-state index in [0.717, 1.165) is 11.1 Å². The van der Waals surface area contributed by atoms with Gasteiger partial charge in [-0.25, -0.2) is 8.42 Å². The standard InChI is InChI=1S/C22H21ClN2O3S/c1-15-6-10-20(11-7-15)29(27,28)25-21-13-18(9-8-16(21)2)22(26)24-14-17-4-3-5-19(23)12-17/h3-13,25H,14H2,1-2H3,(H,24,26). The topological polar surface area (TPSA) is 75.3 Å². The van der Waals surface area contributed by atoms with Crippen molar-refractivity contribution in [2.75, 3.05) is 4.72 Å². The number of rotatable bonds is 6. The third kappa shape index (κ3) is 5.37. The van der Waals surface area contributed by atoms with Crippen molar-refractivity contribution in [2.45, 2.75) is 25.3 Å². The van der Waals surface area contributed by atoms with E-state index in [2.05, 4.69) is 10.0 Å².